The van der Waals surface area contributed by atoms with E-state index in [-0.39, 0.29) is 11.9 Å². The van der Waals surface area contributed by atoms with Crippen LogP contribution in [0.25, 0.3) is 11.0 Å². The first kappa shape index (κ1) is 14.6. The summed E-state index contributed by atoms with van der Waals surface area (Å²) in [6.45, 7) is 3.13. The predicted octanol–water partition coefficient (Wildman–Crippen LogP) is 5.19. The van der Waals surface area contributed by atoms with E-state index in [1.807, 2.05) is 12.1 Å². The van der Waals surface area contributed by atoms with Crippen molar-refractivity contribution in [1.29, 1.82) is 0 Å². The summed E-state index contributed by atoms with van der Waals surface area (Å²) >= 11 is 0. The van der Waals surface area contributed by atoms with Crippen molar-refractivity contribution in [3.05, 3.63) is 35.8 Å². The van der Waals surface area contributed by atoms with E-state index in [0.717, 1.165) is 36.5 Å². The molecule has 3 rings (SSSR count). The molecular formula is C18H24FNO. The molecule has 0 aliphatic heterocycles. The number of para-hydroxylation sites is 1. The second-order valence-corrected chi connectivity index (χ2v) is 6.20. The number of hydrogen-bond donors (Lipinski definition) is 1. The summed E-state index contributed by atoms with van der Waals surface area (Å²) in [5.41, 5.74) is 0.391. The van der Waals surface area contributed by atoms with Gasteiger partial charge in [-0.05, 0) is 37.4 Å². The standard InChI is InChI=1S/C18H24FNO/c1-2-10-20-16(11-13-6-3-4-7-13)17-12-14-8-5-9-15(19)18(14)21-17/h5,8-9,12-13,16,20H,2-4,6-7,10-11H2,1H3. The van der Waals surface area contributed by atoms with E-state index in [2.05, 4.69) is 12.2 Å². The number of fused-ring (bicyclic) bond motifs is 1. The minimum absolute atomic E-state index is 0.208. The van der Waals surface area contributed by atoms with Gasteiger partial charge in [0.05, 0.1) is 6.04 Å². The van der Waals surface area contributed by atoms with Gasteiger partial charge >= 0.3 is 0 Å². The quantitative estimate of drug-likeness (QED) is 0.791. The van der Waals surface area contributed by atoms with Crippen molar-refractivity contribution in [3.63, 3.8) is 0 Å². The van der Waals surface area contributed by atoms with Crippen LogP contribution in [0.1, 0.15) is 57.3 Å². The van der Waals surface area contributed by atoms with Gasteiger partial charge in [0.25, 0.3) is 0 Å². The van der Waals surface area contributed by atoms with Gasteiger partial charge in [0.2, 0.25) is 0 Å². The molecule has 1 N–H and O–H groups in total. The van der Waals surface area contributed by atoms with E-state index in [0.29, 0.717) is 5.58 Å². The van der Waals surface area contributed by atoms with Gasteiger partial charge in [0, 0.05) is 5.39 Å². The molecule has 0 saturated heterocycles. The minimum Gasteiger partial charge on any atom is -0.456 e. The van der Waals surface area contributed by atoms with Gasteiger partial charge in [0.1, 0.15) is 5.76 Å². The average molecular weight is 289 g/mol. The molecule has 3 heteroatoms. The zero-order chi connectivity index (χ0) is 14.7. The van der Waals surface area contributed by atoms with Crippen LogP contribution in [0.3, 0.4) is 0 Å². The van der Waals surface area contributed by atoms with Crippen molar-refractivity contribution < 1.29 is 8.81 Å². The third-order valence-corrected chi connectivity index (χ3v) is 4.54. The Morgan fingerprint density at radius 1 is 1.33 bits per heavy atom. The molecule has 1 aromatic carbocycles. The molecule has 1 unspecified atom stereocenters. The highest BCUT2D eigenvalue weighted by atomic mass is 19.1. The summed E-state index contributed by atoms with van der Waals surface area (Å²) in [4.78, 5) is 0. The van der Waals surface area contributed by atoms with E-state index in [4.69, 9.17) is 4.42 Å². The van der Waals surface area contributed by atoms with Crippen LogP contribution in [0, 0.1) is 11.7 Å². The fraction of sp³-hybridized carbons (Fsp3) is 0.556. The summed E-state index contributed by atoms with van der Waals surface area (Å²) < 4.78 is 19.6. The van der Waals surface area contributed by atoms with Crippen LogP contribution in [-0.4, -0.2) is 6.54 Å². The number of hydrogen-bond acceptors (Lipinski definition) is 2. The smallest absolute Gasteiger partial charge is 0.169 e. The lowest BCUT2D eigenvalue weighted by atomic mass is 9.96. The molecule has 1 heterocycles. The maximum atomic E-state index is 13.8. The fourth-order valence-corrected chi connectivity index (χ4v) is 3.42. The molecule has 0 radical (unpaired) electrons. The summed E-state index contributed by atoms with van der Waals surface area (Å²) in [6.07, 6.45) is 7.52. The summed E-state index contributed by atoms with van der Waals surface area (Å²) in [7, 11) is 0. The van der Waals surface area contributed by atoms with Crippen molar-refractivity contribution in [2.45, 2.75) is 51.5 Å². The third kappa shape index (κ3) is 3.29. The van der Waals surface area contributed by atoms with Gasteiger partial charge < -0.3 is 9.73 Å². The molecule has 1 atom stereocenters. The Balaban J connectivity index is 1.83. The maximum absolute atomic E-state index is 13.8. The van der Waals surface area contributed by atoms with Crippen molar-refractivity contribution >= 4 is 11.0 Å². The normalized spacial score (nSPS) is 17.6. The highest BCUT2D eigenvalue weighted by molar-refractivity contribution is 5.78. The van der Waals surface area contributed by atoms with E-state index < -0.39 is 0 Å². The Morgan fingerprint density at radius 2 is 2.14 bits per heavy atom. The van der Waals surface area contributed by atoms with Gasteiger partial charge in [-0.3, -0.25) is 0 Å². The molecule has 1 aliphatic carbocycles. The number of furan rings is 1. The first-order valence-electron chi connectivity index (χ1n) is 8.19. The first-order chi connectivity index (χ1) is 10.3. The Labute approximate surface area is 125 Å². The molecule has 1 fully saturated rings. The zero-order valence-electron chi connectivity index (χ0n) is 12.7. The van der Waals surface area contributed by atoms with Crippen LogP contribution < -0.4 is 5.32 Å². The second-order valence-electron chi connectivity index (χ2n) is 6.20. The van der Waals surface area contributed by atoms with Crippen LogP contribution in [0.4, 0.5) is 4.39 Å². The Kier molecular flexibility index (Phi) is 4.59. The molecule has 1 aliphatic rings. The van der Waals surface area contributed by atoms with Crippen LogP contribution in [0.2, 0.25) is 0 Å². The molecule has 1 aromatic heterocycles. The number of nitrogens with one attached hydrogen (secondary N) is 1. The second kappa shape index (κ2) is 6.61. The Morgan fingerprint density at radius 3 is 2.86 bits per heavy atom. The van der Waals surface area contributed by atoms with Crippen molar-refractivity contribution in [2.24, 2.45) is 5.92 Å². The van der Waals surface area contributed by atoms with Crippen LogP contribution >= 0.6 is 0 Å². The highest BCUT2D eigenvalue weighted by Gasteiger charge is 2.23. The van der Waals surface area contributed by atoms with Gasteiger partial charge in [-0.15, -0.1) is 0 Å². The maximum Gasteiger partial charge on any atom is 0.169 e. The minimum atomic E-state index is -0.270. The van der Waals surface area contributed by atoms with E-state index in [1.54, 1.807) is 6.07 Å². The van der Waals surface area contributed by atoms with E-state index in [1.165, 1.54) is 31.7 Å². The van der Waals surface area contributed by atoms with Crippen LogP contribution in [-0.2, 0) is 0 Å². The summed E-state index contributed by atoms with van der Waals surface area (Å²) in [5, 5.41) is 4.44. The monoisotopic (exact) mass is 289 g/mol. The lowest BCUT2D eigenvalue weighted by Crippen LogP contribution is -2.23. The van der Waals surface area contributed by atoms with Crippen molar-refractivity contribution in [2.75, 3.05) is 6.54 Å². The predicted molar refractivity (Wildman–Crippen MR) is 83.8 cm³/mol. The molecule has 2 aromatic rings. The van der Waals surface area contributed by atoms with E-state index >= 15 is 0 Å². The topological polar surface area (TPSA) is 25.2 Å². The molecule has 0 amide bonds. The molecule has 1 saturated carbocycles. The van der Waals surface area contributed by atoms with Crippen molar-refractivity contribution in [3.8, 4) is 0 Å². The van der Waals surface area contributed by atoms with Crippen LogP contribution in [0.15, 0.2) is 28.7 Å². The lowest BCUT2D eigenvalue weighted by molar-refractivity contribution is 0.348. The number of halogens is 1. The molecule has 21 heavy (non-hydrogen) atoms. The molecule has 0 bridgehead atoms. The third-order valence-electron chi connectivity index (χ3n) is 4.54. The number of rotatable bonds is 6. The highest BCUT2D eigenvalue weighted by Crippen LogP contribution is 2.35. The molecular weight excluding hydrogens is 265 g/mol. The van der Waals surface area contributed by atoms with Crippen LogP contribution in [0.5, 0.6) is 0 Å². The Hall–Kier alpha value is -1.35. The molecule has 114 valence electrons. The first-order valence-corrected chi connectivity index (χ1v) is 8.19. The fourth-order valence-electron chi connectivity index (χ4n) is 3.42. The average Bonchev–Trinajstić information content (AvgIpc) is 3.13. The Bertz CT molecular complexity index is 586. The lowest BCUT2D eigenvalue weighted by Gasteiger charge is -2.19. The van der Waals surface area contributed by atoms with Gasteiger partial charge in [0.15, 0.2) is 11.4 Å². The summed E-state index contributed by atoms with van der Waals surface area (Å²) in [6, 6.07) is 7.32. The van der Waals surface area contributed by atoms with Crippen molar-refractivity contribution in [1.82, 2.24) is 5.32 Å². The van der Waals surface area contributed by atoms with Gasteiger partial charge in [-0.25, -0.2) is 4.39 Å². The summed E-state index contributed by atoms with van der Waals surface area (Å²) in [5.74, 6) is 1.39. The SMILES string of the molecule is CCCNC(CC1CCCC1)c1cc2cccc(F)c2o1. The molecule has 2 nitrogen and oxygen atoms in total. The van der Waals surface area contributed by atoms with Gasteiger partial charge in [-0.1, -0.05) is 44.7 Å². The largest absolute Gasteiger partial charge is 0.456 e. The number of benzene rings is 1. The van der Waals surface area contributed by atoms with Gasteiger partial charge in [-0.2, -0.15) is 0 Å². The molecule has 0 spiro atoms. The van der Waals surface area contributed by atoms with E-state index in [9.17, 15) is 4.39 Å². The zero-order valence-corrected chi connectivity index (χ0v) is 12.7.